The molecule has 14 heteroatoms. The van der Waals surface area contributed by atoms with Crippen molar-refractivity contribution in [1.29, 1.82) is 0 Å². The molecule has 0 bridgehead atoms. The lowest BCUT2D eigenvalue weighted by atomic mass is 9.79. The molecule has 0 unspecified atom stereocenters. The Morgan fingerprint density at radius 1 is 0.368 bits per heavy atom. The zero-order valence-electron chi connectivity index (χ0n) is 43.5. The van der Waals surface area contributed by atoms with Crippen LogP contribution in [0, 0.1) is 0 Å². The number of anilines is 6. The summed E-state index contributed by atoms with van der Waals surface area (Å²) in [6.07, 6.45) is 22.8. The van der Waals surface area contributed by atoms with Crippen molar-refractivity contribution in [3.8, 4) is 0 Å². The molecule has 4 heterocycles. The molecule has 2 aliphatic rings. The topological polar surface area (TPSA) is 121 Å². The quantitative estimate of drug-likeness (QED) is 0.0552. The maximum atomic E-state index is 5.25. The zero-order valence-corrected chi connectivity index (χ0v) is 43.5. The lowest BCUT2D eigenvalue weighted by molar-refractivity contribution is 0.156. The van der Waals surface area contributed by atoms with Gasteiger partial charge in [-0.3, -0.25) is 0 Å². The van der Waals surface area contributed by atoms with Crippen molar-refractivity contribution in [1.82, 2.24) is 40.5 Å². The van der Waals surface area contributed by atoms with Crippen LogP contribution in [-0.4, -0.2) is 130 Å². The van der Waals surface area contributed by atoms with E-state index in [1.165, 1.54) is 0 Å². The maximum Gasteiger partial charge on any atom is 0.232 e. The molecule has 2 aromatic heterocycles. The minimum atomic E-state index is -0.0857. The fraction of sp³-hybridized carbons (Fsp3) is 0.593. The molecule has 68 heavy (non-hydrogen) atoms. The Balaban J connectivity index is 1.72. The number of rotatable bonds is 31. The van der Waals surface area contributed by atoms with Crippen molar-refractivity contribution < 1.29 is 0 Å². The molecule has 0 aromatic carbocycles. The van der Waals surface area contributed by atoms with Gasteiger partial charge in [0.25, 0.3) is 0 Å². The smallest absolute Gasteiger partial charge is 0.232 e. The van der Waals surface area contributed by atoms with E-state index in [1.54, 1.807) is 0 Å². The highest BCUT2D eigenvalue weighted by atomic mass is 15.4. The number of nitrogens with one attached hydrogen (secondary N) is 2. The second-order valence-electron chi connectivity index (χ2n) is 21.1. The highest BCUT2D eigenvalue weighted by Crippen LogP contribution is 2.36. The third-order valence-corrected chi connectivity index (χ3v) is 12.4. The Morgan fingerprint density at radius 3 is 0.779 bits per heavy atom. The van der Waals surface area contributed by atoms with Crippen LogP contribution in [-0.2, 0) is 0 Å². The SMILES string of the molecule is C=CCN(CC=C)c1nc(N(CC=C)CC=C)nc(N(CCCCCCN(c2nc(N(CC=C)CC=C)nc(N(CC=C)CC=C)n2)C2CC(C)(C)NC(C)(C)C2)C2CC(C)(C)NC(C)(C)C2)n1. The molecule has 374 valence electrons. The largest absolute Gasteiger partial charge is 0.338 e. The van der Waals surface area contributed by atoms with Gasteiger partial charge in [-0.2, -0.15) is 29.9 Å². The second-order valence-corrected chi connectivity index (χ2v) is 21.1. The van der Waals surface area contributed by atoms with Crippen LogP contribution in [0.3, 0.4) is 0 Å². The highest BCUT2D eigenvalue weighted by molar-refractivity contribution is 5.50. The molecule has 4 rings (SSSR count). The summed E-state index contributed by atoms with van der Waals surface area (Å²) < 4.78 is 0. The average molecular weight is 933 g/mol. The summed E-state index contributed by atoms with van der Waals surface area (Å²) in [6.45, 7) is 56.9. The zero-order chi connectivity index (χ0) is 50.1. The lowest BCUT2D eigenvalue weighted by Crippen LogP contribution is -2.62. The molecule has 0 amide bonds. The molecule has 2 fully saturated rings. The third-order valence-electron chi connectivity index (χ3n) is 12.4. The van der Waals surface area contributed by atoms with Crippen LogP contribution in [0.25, 0.3) is 0 Å². The summed E-state index contributed by atoms with van der Waals surface area (Å²) in [5.74, 6) is 3.78. The fourth-order valence-corrected chi connectivity index (χ4v) is 10.5. The molecular formula is C54H88N14. The fourth-order valence-electron chi connectivity index (χ4n) is 10.5. The van der Waals surface area contributed by atoms with Gasteiger partial charge in [0.05, 0.1) is 0 Å². The van der Waals surface area contributed by atoms with E-state index >= 15 is 0 Å². The Morgan fingerprint density at radius 2 is 0.574 bits per heavy atom. The minimum absolute atomic E-state index is 0.0857. The standard InChI is InChI=1S/C54H88N14/c1-17-29-63(30-18-2)45-55-46(64(31-19-3)32-20-4)58-49(57-45)67(43-39-51(9,10)61-52(11,12)40-43)37-27-25-26-28-38-68(44-41-53(13,14)62-54(15,16)42-44)50-59-47(65(33-21-5)34-22-6)56-48(60-50)66(35-23-7)36-24-8/h17-24,43-44,61-62H,1-8,25-42H2,9-16H3. The van der Waals surface area contributed by atoms with Gasteiger partial charge >= 0.3 is 0 Å². The Hall–Kier alpha value is -5.34. The Kier molecular flexibility index (Phi) is 20.6. The van der Waals surface area contributed by atoms with Gasteiger partial charge in [-0.15, -0.1) is 52.6 Å². The predicted molar refractivity (Wildman–Crippen MR) is 292 cm³/mol. The molecule has 0 spiro atoms. The van der Waals surface area contributed by atoms with Gasteiger partial charge in [0.1, 0.15) is 0 Å². The Labute approximate surface area is 411 Å². The van der Waals surface area contributed by atoms with E-state index < -0.39 is 0 Å². The van der Waals surface area contributed by atoms with Crippen LogP contribution in [0.15, 0.2) is 101 Å². The van der Waals surface area contributed by atoms with E-state index in [9.17, 15) is 0 Å². The predicted octanol–water partition coefficient (Wildman–Crippen LogP) is 9.26. The monoisotopic (exact) mass is 933 g/mol. The molecule has 2 aromatic rings. The van der Waals surface area contributed by atoms with Crippen molar-refractivity contribution in [2.24, 2.45) is 0 Å². The number of aromatic nitrogens is 6. The first-order chi connectivity index (χ1) is 32.3. The van der Waals surface area contributed by atoms with E-state index in [1.807, 2.05) is 48.6 Å². The van der Waals surface area contributed by atoms with E-state index in [0.717, 1.165) is 64.5 Å². The summed E-state index contributed by atoms with van der Waals surface area (Å²) >= 11 is 0. The van der Waals surface area contributed by atoms with Gasteiger partial charge < -0.3 is 40.0 Å². The van der Waals surface area contributed by atoms with Crippen molar-refractivity contribution in [2.45, 2.75) is 141 Å². The van der Waals surface area contributed by atoms with Gasteiger partial charge in [-0.25, -0.2) is 0 Å². The number of nitrogens with zero attached hydrogens (tertiary/aromatic N) is 12. The van der Waals surface area contributed by atoms with Crippen molar-refractivity contribution in [2.75, 3.05) is 94.8 Å². The highest BCUT2D eigenvalue weighted by Gasteiger charge is 2.42. The summed E-state index contributed by atoms with van der Waals surface area (Å²) in [7, 11) is 0. The summed E-state index contributed by atoms with van der Waals surface area (Å²) in [4.78, 5) is 44.4. The van der Waals surface area contributed by atoms with Gasteiger partial charge in [0, 0.05) is 99.7 Å². The van der Waals surface area contributed by atoms with E-state index in [-0.39, 0.29) is 34.2 Å². The molecule has 0 radical (unpaired) electrons. The summed E-state index contributed by atoms with van der Waals surface area (Å²) in [5.41, 5.74) is -0.343. The van der Waals surface area contributed by atoms with Crippen LogP contribution in [0.5, 0.6) is 0 Å². The number of piperidine rings is 2. The molecule has 14 nitrogen and oxygen atoms in total. The third kappa shape index (κ3) is 16.1. The number of unbranched alkanes of at least 4 members (excludes halogenated alkanes) is 3. The van der Waals surface area contributed by atoms with Gasteiger partial charge in [0.15, 0.2) is 0 Å². The lowest BCUT2D eigenvalue weighted by Gasteiger charge is -2.50. The van der Waals surface area contributed by atoms with E-state index in [0.29, 0.717) is 88.0 Å². The second kappa shape index (κ2) is 25.3. The van der Waals surface area contributed by atoms with Crippen molar-refractivity contribution in [3.63, 3.8) is 0 Å². The van der Waals surface area contributed by atoms with Crippen LogP contribution in [0.2, 0.25) is 0 Å². The van der Waals surface area contributed by atoms with Crippen molar-refractivity contribution in [3.05, 3.63) is 101 Å². The normalized spacial score (nSPS) is 17.2. The first kappa shape index (κ1) is 55.3. The van der Waals surface area contributed by atoms with Crippen LogP contribution < -0.4 is 40.0 Å². The average Bonchev–Trinajstić information content (AvgIpc) is 3.24. The summed E-state index contributed by atoms with van der Waals surface area (Å²) in [5, 5.41) is 7.80. The first-order valence-corrected chi connectivity index (χ1v) is 24.8. The van der Waals surface area contributed by atoms with Gasteiger partial charge in [0.2, 0.25) is 35.7 Å². The molecule has 2 N–H and O–H groups in total. The summed E-state index contributed by atoms with van der Waals surface area (Å²) in [6, 6.07) is 0.392. The van der Waals surface area contributed by atoms with Gasteiger partial charge in [-0.05, 0) is 93.9 Å². The van der Waals surface area contributed by atoms with Crippen LogP contribution in [0.4, 0.5) is 35.7 Å². The van der Waals surface area contributed by atoms with Gasteiger partial charge in [-0.1, -0.05) is 61.4 Å². The number of hydrogen-bond acceptors (Lipinski definition) is 14. The maximum absolute atomic E-state index is 5.25. The molecular weight excluding hydrogens is 845 g/mol. The van der Waals surface area contributed by atoms with Crippen LogP contribution >= 0.6 is 0 Å². The molecule has 0 atom stereocenters. The van der Waals surface area contributed by atoms with Crippen molar-refractivity contribution >= 4 is 35.7 Å². The molecule has 0 aliphatic carbocycles. The first-order valence-electron chi connectivity index (χ1n) is 24.8. The molecule has 2 saturated heterocycles. The molecule has 0 saturated carbocycles. The Bertz CT molecular complexity index is 1710. The minimum Gasteiger partial charge on any atom is -0.338 e. The molecule has 2 aliphatic heterocycles. The van der Waals surface area contributed by atoms with E-state index in [2.05, 4.69) is 148 Å². The van der Waals surface area contributed by atoms with E-state index in [4.69, 9.17) is 29.9 Å². The number of hydrogen-bond donors (Lipinski definition) is 2. The van der Waals surface area contributed by atoms with Crippen LogP contribution in [0.1, 0.15) is 107 Å².